The van der Waals surface area contributed by atoms with Gasteiger partial charge in [0.05, 0.1) is 15.9 Å². The molecule has 5 rings (SSSR count). The number of anilines is 2. The van der Waals surface area contributed by atoms with Crippen molar-refractivity contribution < 1.29 is 9.59 Å². The van der Waals surface area contributed by atoms with Crippen LogP contribution in [0.2, 0.25) is 0 Å². The summed E-state index contributed by atoms with van der Waals surface area (Å²) < 4.78 is 2.13. The molecule has 3 aromatic heterocycles. The second kappa shape index (κ2) is 10.3. The lowest BCUT2D eigenvalue weighted by atomic mass is 10.1. The highest BCUT2D eigenvalue weighted by molar-refractivity contribution is 7.17. The molecule has 1 aliphatic rings. The van der Waals surface area contributed by atoms with E-state index in [1.54, 1.807) is 6.20 Å². The Bertz CT molecular complexity index is 1420. The number of imidazole rings is 1. The quantitative estimate of drug-likeness (QED) is 0.355. The number of fused-ring (bicyclic) bond motifs is 1. The van der Waals surface area contributed by atoms with Gasteiger partial charge < -0.3 is 14.8 Å². The lowest BCUT2D eigenvalue weighted by Crippen LogP contribution is -2.30. The van der Waals surface area contributed by atoms with E-state index in [-0.39, 0.29) is 17.9 Å². The van der Waals surface area contributed by atoms with E-state index >= 15 is 0 Å². The van der Waals surface area contributed by atoms with Crippen LogP contribution in [0.3, 0.4) is 0 Å². The van der Waals surface area contributed by atoms with Crippen LogP contribution in [0.5, 0.6) is 0 Å². The first-order valence-electron chi connectivity index (χ1n) is 12.0. The zero-order valence-corrected chi connectivity index (χ0v) is 20.9. The predicted octanol–water partition coefficient (Wildman–Crippen LogP) is 5.19. The molecule has 0 unspecified atom stereocenters. The van der Waals surface area contributed by atoms with Crippen LogP contribution in [-0.4, -0.2) is 51.4 Å². The fourth-order valence-electron chi connectivity index (χ4n) is 4.69. The lowest BCUT2D eigenvalue weighted by Gasteiger charge is -2.21. The molecular formula is C27H28N6O2S. The molecule has 2 amide bonds. The summed E-state index contributed by atoms with van der Waals surface area (Å²) in [6.45, 7) is 4.97. The highest BCUT2D eigenvalue weighted by Gasteiger charge is 2.25. The number of nitrogens with one attached hydrogen (secondary N) is 2. The number of amides is 2. The van der Waals surface area contributed by atoms with Crippen molar-refractivity contribution in [1.82, 2.24) is 19.4 Å². The maximum Gasteiger partial charge on any atom is 0.268 e. The zero-order chi connectivity index (χ0) is 25.1. The monoisotopic (exact) mass is 500 g/mol. The first kappa shape index (κ1) is 23.7. The number of benzene rings is 1. The lowest BCUT2D eigenvalue weighted by molar-refractivity contribution is -0.125. The SMILES string of the molecule is C=CC(=O)N1CCC[C@@H](n2c(NC(=O)c3ccc(-c4ccnc(NC)c4)s3)nc3ccccc32)CC1. The number of aromatic nitrogens is 3. The Labute approximate surface area is 213 Å². The topological polar surface area (TPSA) is 92.2 Å². The number of hydrogen-bond acceptors (Lipinski definition) is 6. The van der Waals surface area contributed by atoms with Gasteiger partial charge >= 0.3 is 0 Å². The van der Waals surface area contributed by atoms with E-state index in [0.29, 0.717) is 23.9 Å². The van der Waals surface area contributed by atoms with Crippen LogP contribution in [0.4, 0.5) is 11.8 Å². The van der Waals surface area contributed by atoms with Gasteiger partial charge in [0.1, 0.15) is 5.82 Å². The van der Waals surface area contributed by atoms with E-state index in [2.05, 4.69) is 26.8 Å². The Morgan fingerprint density at radius 1 is 1.14 bits per heavy atom. The summed E-state index contributed by atoms with van der Waals surface area (Å²) in [5, 5.41) is 6.11. The van der Waals surface area contributed by atoms with Crippen molar-refractivity contribution >= 4 is 46.0 Å². The molecule has 0 bridgehead atoms. The third kappa shape index (κ3) is 4.74. The van der Waals surface area contributed by atoms with E-state index in [1.165, 1.54) is 17.4 Å². The van der Waals surface area contributed by atoms with Crippen molar-refractivity contribution in [3.05, 3.63) is 72.3 Å². The van der Waals surface area contributed by atoms with Gasteiger partial charge in [-0.3, -0.25) is 14.9 Å². The second-order valence-electron chi connectivity index (χ2n) is 8.71. The molecule has 0 radical (unpaired) electrons. The van der Waals surface area contributed by atoms with E-state index in [1.807, 2.05) is 60.5 Å². The molecule has 4 aromatic rings. The van der Waals surface area contributed by atoms with Gasteiger partial charge in [-0.25, -0.2) is 9.97 Å². The van der Waals surface area contributed by atoms with Crippen molar-refractivity contribution in [2.75, 3.05) is 30.8 Å². The molecule has 1 saturated heterocycles. The normalized spacial score (nSPS) is 15.9. The molecule has 0 saturated carbocycles. The van der Waals surface area contributed by atoms with Gasteiger partial charge in [0, 0.05) is 37.3 Å². The molecular weight excluding hydrogens is 472 g/mol. The number of likely N-dealkylation sites (tertiary alicyclic amines) is 1. The zero-order valence-electron chi connectivity index (χ0n) is 20.1. The summed E-state index contributed by atoms with van der Waals surface area (Å²) in [4.78, 5) is 37.9. The molecule has 4 heterocycles. The Morgan fingerprint density at radius 3 is 2.83 bits per heavy atom. The Kier molecular flexibility index (Phi) is 6.81. The third-order valence-corrected chi connectivity index (χ3v) is 7.63. The number of nitrogens with zero attached hydrogens (tertiary/aromatic N) is 4. The van der Waals surface area contributed by atoms with E-state index in [4.69, 9.17) is 4.98 Å². The van der Waals surface area contributed by atoms with Crippen molar-refractivity contribution in [3.63, 3.8) is 0 Å². The van der Waals surface area contributed by atoms with Crippen LogP contribution >= 0.6 is 11.3 Å². The molecule has 9 heteroatoms. The van der Waals surface area contributed by atoms with Crippen LogP contribution in [-0.2, 0) is 4.79 Å². The summed E-state index contributed by atoms with van der Waals surface area (Å²) in [7, 11) is 1.83. The van der Waals surface area contributed by atoms with Crippen molar-refractivity contribution in [1.29, 1.82) is 0 Å². The smallest absolute Gasteiger partial charge is 0.268 e. The summed E-state index contributed by atoms with van der Waals surface area (Å²) in [5.41, 5.74) is 2.81. The molecule has 1 aromatic carbocycles. The maximum absolute atomic E-state index is 13.3. The highest BCUT2D eigenvalue weighted by Crippen LogP contribution is 2.33. The Morgan fingerprint density at radius 2 is 2.00 bits per heavy atom. The summed E-state index contributed by atoms with van der Waals surface area (Å²) >= 11 is 1.43. The van der Waals surface area contributed by atoms with E-state index in [9.17, 15) is 9.59 Å². The Balaban J connectivity index is 1.41. The molecule has 0 aliphatic carbocycles. The first-order chi connectivity index (χ1) is 17.6. The average Bonchev–Trinajstić information content (AvgIpc) is 3.47. The van der Waals surface area contributed by atoms with Gasteiger partial charge in [-0.2, -0.15) is 0 Å². The van der Waals surface area contributed by atoms with Gasteiger partial charge in [-0.05, 0) is 67.3 Å². The fraction of sp³-hybridized carbons (Fsp3) is 0.259. The summed E-state index contributed by atoms with van der Waals surface area (Å²) in [6, 6.07) is 15.7. The largest absolute Gasteiger partial charge is 0.373 e. The molecule has 2 N–H and O–H groups in total. The maximum atomic E-state index is 13.3. The van der Waals surface area contributed by atoms with Gasteiger partial charge in [-0.1, -0.05) is 18.7 Å². The van der Waals surface area contributed by atoms with Crippen LogP contribution in [0, 0.1) is 0 Å². The molecule has 36 heavy (non-hydrogen) atoms. The van der Waals surface area contributed by atoms with Crippen LogP contribution < -0.4 is 10.6 Å². The number of pyridine rings is 1. The predicted molar refractivity (Wildman–Crippen MR) is 144 cm³/mol. The summed E-state index contributed by atoms with van der Waals surface area (Å²) in [5.74, 6) is 1.08. The fourth-order valence-corrected chi connectivity index (χ4v) is 5.59. The minimum atomic E-state index is -0.192. The number of para-hydroxylation sites is 2. The number of rotatable bonds is 6. The van der Waals surface area contributed by atoms with Gasteiger partial charge in [0.15, 0.2) is 0 Å². The number of carbonyl (C=O) groups is 2. The number of hydrogen-bond donors (Lipinski definition) is 2. The molecule has 1 atom stereocenters. The van der Waals surface area contributed by atoms with E-state index in [0.717, 1.165) is 46.6 Å². The van der Waals surface area contributed by atoms with Gasteiger partial charge in [-0.15, -0.1) is 11.3 Å². The number of carbonyl (C=O) groups excluding carboxylic acids is 2. The van der Waals surface area contributed by atoms with Crippen LogP contribution in [0.15, 0.2) is 67.4 Å². The first-order valence-corrected chi connectivity index (χ1v) is 12.8. The molecule has 184 valence electrons. The number of thiophene rings is 1. The van der Waals surface area contributed by atoms with Crippen molar-refractivity contribution in [2.24, 2.45) is 0 Å². The molecule has 0 spiro atoms. The standard InChI is InChI=1S/C27H28N6O2S/c1-3-25(34)32-15-6-7-19(13-16-32)33-21-9-5-4-8-20(21)30-27(33)31-26(35)23-11-10-22(36-23)18-12-14-29-24(17-18)28-2/h3-5,8-12,14,17,19H,1,6-7,13,15-16H2,2H3,(H,28,29)(H,30,31,35)/t19-/m1/s1. The van der Waals surface area contributed by atoms with Crippen LogP contribution in [0.1, 0.15) is 35.0 Å². The van der Waals surface area contributed by atoms with Crippen molar-refractivity contribution in [2.45, 2.75) is 25.3 Å². The van der Waals surface area contributed by atoms with Gasteiger partial charge in [0.2, 0.25) is 11.9 Å². The van der Waals surface area contributed by atoms with Gasteiger partial charge in [0.25, 0.3) is 5.91 Å². The summed E-state index contributed by atoms with van der Waals surface area (Å²) in [6.07, 6.45) is 5.67. The highest BCUT2D eigenvalue weighted by atomic mass is 32.1. The average molecular weight is 501 g/mol. The third-order valence-electron chi connectivity index (χ3n) is 6.50. The molecule has 1 fully saturated rings. The Hall–Kier alpha value is -3.98. The minimum absolute atomic E-state index is 0.0378. The minimum Gasteiger partial charge on any atom is -0.373 e. The molecule has 8 nitrogen and oxygen atoms in total. The van der Waals surface area contributed by atoms with Crippen molar-refractivity contribution in [3.8, 4) is 10.4 Å². The second-order valence-corrected chi connectivity index (χ2v) is 9.79. The van der Waals surface area contributed by atoms with Crippen LogP contribution in [0.25, 0.3) is 21.5 Å². The van der Waals surface area contributed by atoms with E-state index < -0.39 is 0 Å². The molecule has 1 aliphatic heterocycles.